The Hall–Kier alpha value is -2.60. The minimum Gasteiger partial charge on any atom is -0.348 e. The Kier molecular flexibility index (Phi) is 5.25. The molecule has 0 radical (unpaired) electrons. The number of amides is 1. The van der Waals surface area contributed by atoms with Gasteiger partial charge in [0.2, 0.25) is 0 Å². The standard InChI is InChI=1S/C20H22ClN5O/c21-16-10-8-15(9-11-16)14-26-20(25-12-4-5-13-25)18(23-24-26)19(27)22-17-6-2-1-3-7-17/h4-5,8-13,17H,1-3,6-7,14H2,(H,22,27). The molecule has 4 rings (SSSR count). The largest absolute Gasteiger partial charge is 0.348 e. The molecule has 1 saturated carbocycles. The Balaban J connectivity index is 1.62. The second-order valence-electron chi connectivity index (χ2n) is 6.94. The summed E-state index contributed by atoms with van der Waals surface area (Å²) in [6.07, 6.45) is 9.44. The Bertz CT molecular complexity index is 895. The zero-order valence-electron chi connectivity index (χ0n) is 15.0. The van der Waals surface area contributed by atoms with Gasteiger partial charge in [-0.15, -0.1) is 5.10 Å². The summed E-state index contributed by atoms with van der Waals surface area (Å²) in [5.41, 5.74) is 1.39. The number of rotatable bonds is 5. The first-order valence-corrected chi connectivity index (χ1v) is 9.70. The molecule has 0 spiro atoms. The van der Waals surface area contributed by atoms with E-state index in [0.29, 0.717) is 23.1 Å². The van der Waals surface area contributed by atoms with Gasteiger partial charge in [-0.3, -0.25) is 4.79 Å². The van der Waals surface area contributed by atoms with Crippen molar-refractivity contribution in [2.45, 2.75) is 44.7 Å². The molecule has 0 unspecified atom stereocenters. The van der Waals surface area contributed by atoms with Crippen LogP contribution < -0.4 is 5.32 Å². The van der Waals surface area contributed by atoms with Gasteiger partial charge >= 0.3 is 0 Å². The van der Waals surface area contributed by atoms with E-state index in [2.05, 4.69) is 15.6 Å². The van der Waals surface area contributed by atoms with E-state index in [4.69, 9.17) is 11.6 Å². The molecule has 0 aliphatic heterocycles. The van der Waals surface area contributed by atoms with Crippen LogP contribution in [0, 0.1) is 0 Å². The fraction of sp³-hybridized carbons (Fsp3) is 0.350. The molecule has 1 fully saturated rings. The van der Waals surface area contributed by atoms with Crippen molar-refractivity contribution in [1.82, 2.24) is 24.9 Å². The lowest BCUT2D eigenvalue weighted by Crippen LogP contribution is -2.36. The summed E-state index contributed by atoms with van der Waals surface area (Å²) in [5, 5.41) is 12.3. The molecule has 0 saturated heterocycles. The Morgan fingerprint density at radius 2 is 1.81 bits per heavy atom. The smallest absolute Gasteiger partial charge is 0.275 e. The Labute approximate surface area is 163 Å². The van der Waals surface area contributed by atoms with Gasteiger partial charge in [0, 0.05) is 23.5 Å². The van der Waals surface area contributed by atoms with Crippen molar-refractivity contribution in [3.63, 3.8) is 0 Å². The summed E-state index contributed by atoms with van der Waals surface area (Å²) in [7, 11) is 0. The maximum Gasteiger partial charge on any atom is 0.275 e. The van der Waals surface area contributed by atoms with Crippen LogP contribution in [0.25, 0.3) is 5.82 Å². The third-order valence-corrected chi connectivity index (χ3v) is 5.21. The average Bonchev–Trinajstić information content (AvgIpc) is 3.34. The number of benzene rings is 1. The zero-order chi connectivity index (χ0) is 18.6. The minimum absolute atomic E-state index is 0.159. The molecule has 140 valence electrons. The van der Waals surface area contributed by atoms with Gasteiger partial charge in [0.1, 0.15) is 0 Å². The molecule has 0 atom stereocenters. The van der Waals surface area contributed by atoms with E-state index in [1.807, 2.05) is 53.4 Å². The zero-order valence-corrected chi connectivity index (χ0v) is 15.8. The molecule has 27 heavy (non-hydrogen) atoms. The van der Waals surface area contributed by atoms with Crippen molar-refractivity contribution in [2.24, 2.45) is 0 Å². The van der Waals surface area contributed by atoms with Crippen molar-refractivity contribution in [3.8, 4) is 5.82 Å². The van der Waals surface area contributed by atoms with E-state index in [9.17, 15) is 4.79 Å². The molecule has 6 nitrogen and oxygen atoms in total. The van der Waals surface area contributed by atoms with Crippen LogP contribution in [0.15, 0.2) is 48.8 Å². The molecular weight excluding hydrogens is 362 g/mol. The van der Waals surface area contributed by atoms with Gasteiger partial charge in [0.15, 0.2) is 11.5 Å². The second kappa shape index (κ2) is 7.96. The molecule has 1 aliphatic rings. The molecule has 1 aromatic carbocycles. The van der Waals surface area contributed by atoms with Gasteiger partial charge < -0.3 is 9.88 Å². The highest BCUT2D eigenvalue weighted by molar-refractivity contribution is 6.30. The highest BCUT2D eigenvalue weighted by Crippen LogP contribution is 2.20. The number of hydrogen-bond acceptors (Lipinski definition) is 3. The Morgan fingerprint density at radius 3 is 2.52 bits per heavy atom. The summed E-state index contributed by atoms with van der Waals surface area (Å²) >= 11 is 5.97. The first-order valence-electron chi connectivity index (χ1n) is 9.33. The normalized spacial score (nSPS) is 15.0. The van der Waals surface area contributed by atoms with Crippen molar-refractivity contribution >= 4 is 17.5 Å². The van der Waals surface area contributed by atoms with Crippen LogP contribution in [0.4, 0.5) is 0 Å². The fourth-order valence-electron chi connectivity index (χ4n) is 3.56. The summed E-state index contributed by atoms with van der Waals surface area (Å²) in [6.45, 7) is 0.508. The van der Waals surface area contributed by atoms with Gasteiger partial charge in [-0.25, -0.2) is 4.68 Å². The molecule has 7 heteroatoms. The molecule has 1 amide bonds. The number of aromatic nitrogens is 4. The van der Waals surface area contributed by atoms with Crippen LogP contribution in [0.5, 0.6) is 0 Å². The lowest BCUT2D eigenvalue weighted by Gasteiger charge is -2.22. The summed E-state index contributed by atoms with van der Waals surface area (Å²) in [6, 6.07) is 11.7. The first-order chi connectivity index (χ1) is 13.2. The van der Waals surface area contributed by atoms with Crippen molar-refractivity contribution in [3.05, 3.63) is 65.1 Å². The number of nitrogens with zero attached hydrogens (tertiary/aromatic N) is 4. The van der Waals surface area contributed by atoms with E-state index in [1.165, 1.54) is 19.3 Å². The predicted octanol–water partition coefficient (Wildman–Crippen LogP) is 3.83. The predicted molar refractivity (Wildman–Crippen MR) is 104 cm³/mol. The molecule has 2 aromatic heterocycles. The van der Waals surface area contributed by atoms with E-state index >= 15 is 0 Å². The van der Waals surface area contributed by atoms with Gasteiger partial charge in [-0.1, -0.05) is 48.2 Å². The molecule has 0 bridgehead atoms. The van der Waals surface area contributed by atoms with Gasteiger partial charge in [-0.2, -0.15) is 0 Å². The Morgan fingerprint density at radius 1 is 1.11 bits per heavy atom. The van der Waals surface area contributed by atoms with Crippen molar-refractivity contribution < 1.29 is 4.79 Å². The fourth-order valence-corrected chi connectivity index (χ4v) is 3.68. The van der Waals surface area contributed by atoms with E-state index in [-0.39, 0.29) is 11.9 Å². The van der Waals surface area contributed by atoms with Crippen LogP contribution in [0.2, 0.25) is 5.02 Å². The SMILES string of the molecule is O=C(NC1CCCCC1)c1nnn(Cc2ccc(Cl)cc2)c1-n1cccc1. The summed E-state index contributed by atoms with van der Waals surface area (Å²) < 4.78 is 3.63. The van der Waals surface area contributed by atoms with Crippen LogP contribution in [0.3, 0.4) is 0 Å². The quantitative estimate of drug-likeness (QED) is 0.728. The molecule has 2 heterocycles. The van der Waals surface area contributed by atoms with Crippen LogP contribution in [0.1, 0.15) is 48.2 Å². The lowest BCUT2D eigenvalue weighted by molar-refractivity contribution is 0.0922. The molecule has 1 aliphatic carbocycles. The van der Waals surface area contributed by atoms with Gasteiger partial charge in [0.25, 0.3) is 5.91 Å². The molecular formula is C20H22ClN5O. The minimum atomic E-state index is -0.159. The number of hydrogen-bond donors (Lipinski definition) is 1. The second-order valence-corrected chi connectivity index (χ2v) is 7.38. The monoisotopic (exact) mass is 383 g/mol. The summed E-state index contributed by atoms with van der Waals surface area (Å²) in [5.74, 6) is 0.510. The average molecular weight is 384 g/mol. The number of nitrogens with one attached hydrogen (secondary N) is 1. The first kappa shape index (κ1) is 17.8. The van der Waals surface area contributed by atoms with Crippen molar-refractivity contribution in [1.29, 1.82) is 0 Å². The van der Waals surface area contributed by atoms with Gasteiger partial charge in [0.05, 0.1) is 6.54 Å². The molecule has 1 N–H and O–H groups in total. The third kappa shape index (κ3) is 4.06. The molecule has 3 aromatic rings. The van der Waals surface area contributed by atoms with E-state index in [0.717, 1.165) is 18.4 Å². The summed E-state index contributed by atoms with van der Waals surface area (Å²) in [4.78, 5) is 12.9. The van der Waals surface area contributed by atoms with Crippen LogP contribution in [-0.4, -0.2) is 31.5 Å². The third-order valence-electron chi connectivity index (χ3n) is 4.96. The topological polar surface area (TPSA) is 64.7 Å². The van der Waals surface area contributed by atoms with E-state index in [1.54, 1.807) is 4.68 Å². The van der Waals surface area contributed by atoms with Crippen molar-refractivity contribution in [2.75, 3.05) is 0 Å². The maximum absolute atomic E-state index is 12.9. The van der Waals surface area contributed by atoms with Crippen LogP contribution in [-0.2, 0) is 6.54 Å². The van der Waals surface area contributed by atoms with Crippen LogP contribution >= 0.6 is 11.6 Å². The highest BCUT2D eigenvalue weighted by atomic mass is 35.5. The highest BCUT2D eigenvalue weighted by Gasteiger charge is 2.24. The lowest BCUT2D eigenvalue weighted by atomic mass is 9.95. The van der Waals surface area contributed by atoms with E-state index < -0.39 is 0 Å². The van der Waals surface area contributed by atoms with Gasteiger partial charge in [-0.05, 0) is 42.7 Å². The number of carbonyl (C=O) groups is 1. The number of carbonyl (C=O) groups excluding carboxylic acids is 1. The number of halogens is 1. The maximum atomic E-state index is 12.9.